The third-order valence-electron chi connectivity index (χ3n) is 10.6. The minimum absolute atomic E-state index is 0.0803. The number of oxazole rings is 2. The second-order valence-electron chi connectivity index (χ2n) is 14.1. The molecule has 2 aliphatic rings. The van der Waals surface area contributed by atoms with Gasteiger partial charge in [-0.2, -0.15) is 14.0 Å². The van der Waals surface area contributed by atoms with E-state index in [0.717, 1.165) is 46.5 Å². The minimum atomic E-state index is -3.07. The molecule has 2 aromatic heterocycles. The van der Waals surface area contributed by atoms with Crippen LogP contribution in [0.3, 0.4) is 0 Å². The number of aliphatic carboxylic acids is 1. The number of rotatable bonds is 12. The summed E-state index contributed by atoms with van der Waals surface area (Å²) in [5, 5.41) is 19.7. The van der Waals surface area contributed by atoms with E-state index in [1.54, 1.807) is 11.0 Å². The molecule has 0 aliphatic carbocycles. The maximum atomic E-state index is 13.5. The summed E-state index contributed by atoms with van der Waals surface area (Å²) in [7, 11) is 0. The monoisotopic (exact) mass is 747 g/mol. The number of aromatic nitrogens is 2. The number of carboxylic acids is 1. The largest absolute Gasteiger partial charge is 0.480 e. The summed E-state index contributed by atoms with van der Waals surface area (Å²) < 4.78 is 50.0. The summed E-state index contributed by atoms with van der Waals surface area (Å²) in [6.07, 6.45) is 1.43. The number of nitriles is 1. The van der Waals surface area contributed by atoms with Crippen LogP contribution in [0.1, 0.15) is 47.6 Å². The van der Waals surface area contributed by atoms with Crippen molar-refractivity contribution >= 4 is 28.2 Å². The molecule has 1 N–H and O–H groups in total. The first kappa shape index (κ1) is 36.3. The van der Waals surface area contributed by atoms with Gasteiger partial charge in [0.2, 0.25) is 11.8 Å². The van der Waals surface area contributed by atoms with Crippen molar-refractivity contribution in [2.75, 3.05) is 26.2 Å². The average molecular weight is 748 g/mol. The summed E-state index contributed by atoms with van der Waals surface area (Å²) in [4.78, 5) is 25.4. The number of alkyl halides is 2. The number of halogens is 2. The van der Waals surface area contributed by atoms with Crippen molar-refractivity contribution in [2.45, 2.75) is 65.5 Å². The fourth-order valence-electron chi connectivity index (χ4n) is 7.91. The van der Waals surface area contributed by atoms with Gasteiger partial charge >= 0.3 is 12.6 Å². The summed E-state index contributed by atoms with van der Waals surface area (Å²) in [5.74, 6) is -0.306. The molecule has 4 heterocycles. The van der Waals surface area contributed by atoms with Gasteiger partial charge in [0.25, 0.3) is 0 Å². The second kappa shape index (κ2) is 14.9. The lowest BCUT2D eigenvalue weighted by atomic mass is 9.91. The standard InChI is InChI=1S/C42H39F2N5O6/c1-4-52-28-21-48(22-28)19-25-14-26(18-45)38-34(15-25)47-40(55-38)32-11-6-9-30(24(32)3)29-8-5-10-31(23(29)2)39-46-33-16-27(20-49-13-7-12-35(49)41(50)51)36(54-42(43)44)17-37(33)53-39/h5-6,8-11,14-17,28,35,42H,4,7,12-13,19-22H2,1-3H3,(H,50,51)/t35-/m0/s1. The van der Waals surface area contributed by atoms with Gasteiger partial charge in [-0.15, -0.1) is 0 Å². The van der Waals surface area contributed by atoms with Crippen molar-refractivity contribution in [3.8, 4) is 45.9 Å². The molecule has 1 atom stereocenters. The molecule has 55 heavy (non-hydrogen) atoms. The van der Waals surface area contributed by atoms with Crippen LogP contribution >= 0.6 is 0 Å². The van der Waals surface area contributed by atoms with E-state index in [0.29, 0.717) is 77.6 Å². The lowest BCUT2D eigenvalue weighted by molar-refractivity contribution is -0.142. The SMILES string of the molecule is CCOC1CN(Cc2cc(C#N)c3oc(-c4cccc(-c5cccc(-c6nc7cc(CN8CCC[C@H]8C(=O)O)c(OC(F)F)cc7o6)c5C)c4C)nc3c2)C1. The van der Waals surface area contributed by atoms with Gasteiger partial charge in [-0.05, 0) is 98.3 Å². The quantitative estimate of drug-likeness (QED) is 0.129. The summed E-state index contributed by atoms with van der Waals surface area (Å²) in [5.41, 5.74) is 8.77. The normalized spacial score (nSPS) is 16.6. The first-order chi connectivity index (χ1) is 26.6. The third-order valence-corrected chi connectivity index (χ3v) is 10.6. The van der Waals surface area contributed by atoms with Gasteiger partial charge in [-0.3, -0.25) is 14.6 Å². The lowest BCUT2D eigenvalue weighted by Crippen LogP contribution is -2.51. The fourth-order valence-corrected chi connectivity index (χ4v) is 7.91. The van der Waals surface area contributed by atoms with Gasteiger partial charge in [0.1, 0.15) is 28.9 Å². The van der Waals surface area contributed by atoms with Crippen LogP contribution in [0.25, 0.3) is 56.2 Å². The molecule has 0 saturated carbocycles. The molecule has 2 fully saturated rings. The number of hydrogen-bond donors (Lipinski definition) is 1. The van der Waals surface area contributed by atoms with E-state index in [-0.39, 0.29) is 24.0 Å². The molecule has 0 unspecified atom stereocenters. The Labute approximate surface area is 315 Å². The average Bonchev–Trinajstić information content (AvgIpc) is 3.89. The molecule has 0 spiro atoms. The van der Waals surface area contributed by atoms with Gasteiger partial charge in [0, 0.05) is 55.5 Å². The zero-order chi connectivity index (χ0) is 38.4. The lowest BCUT2D eigenvalue weighted by Gasteiger charge is -2.38. The van der Waals surface area contributed by atoms with Crippen molar-refractivity contribution < 1.29 is 37.0 Å². The highest BCUT2D eigenvalue weighted by atomic mass is 19.3. The van der Waals surface area contributed by atoms with E-state index >= 15 is 0 Å². The zero-order valence-electron chi connectivity index (χ0n) is 30.6. The Hall–Kier alpha value is -5.68. The van der Waals surface area contributed by atoms with Crippen LogP contribution < -0.4 is 4.74 Å². The van der Waals surface area contributed by atoms with Crippen LogP contribution in [0.15, 0.2) is 69.5 Å². The number of fused-ring (bicyclic) bond motifs is 2. The van der Waals surface area contributed by atoms with E-state index in [9.17, 15) is 23.9 Å². The minimum Gasteiger partial charge on any atom is -0.480 e. The van der Waals surface area contributed by atoms with Crippen LogP contribution in [0.4, 0.5) is 8.78 Å². The first-order valence-electron chi connectivity index (χ1n) is 18.3. The zero-order valence-corrected chi connectivity index (χ0v) is 30.6. The number of hydrogen-bond acceptors (Lipinski definition) is 10. The molecule has 2 aliphatic heterocycles. The van der Waals surface area contributed by atoms with E-state index in [4.69, 9.17) is 28.3 Å². The van der Waals surface area contributed by atoms with E-state index in [1.807, 2.05) is 69.3 Å². The summed E-state index contributed by atoms with van der Waals surface area (Å²) in [6.45, 7) is 6.63. The van der Waals surface area contributed by atoms with Crippen molar-refractivity contribution in [1.82, 2.24) is 19.8 Å². The first-order valence-corrected chi connectivity index (χ1v) is 18.3. The smallest absolute Gasteiger partial charge is 0.387 e. The van der Waals surface area contributed by atoms with Crippen molar-refractivity contribution in [1.29, 1.82) is 5.26 Å². The Morgan fingerprint density at radius 3 is 2.29 bits per heavy atom. The van der Waals surface area contributed by atoms with Crippen LogP contribution in [0.2, 0.25) is 0 Å². The third kappa shape index (κ3) is 7.04. The molecule has 2 saturated heterocycles. The maximum absolute atomic E-state index is 13.5. The molecule has 0 amide bonds. The number of nitrogens with zero attached hydrogens (tertiary/aromatic N) is 5. The molecule has 282 valence electrons. The Balaban J connectivity index is 1.11. The van der Waals surface area contributed by atoms with Crippen molar-refractivity contribution in [3.63, 3.8) is 0 Å². The highest BCUT2D eigenvalue weighted by Gasteiger charge is 2.32. The van der Waals surface area contributed by atoms with Crippen molar-refractivity contribution in [2.24, 2.45) is 0 Å². The predicted molar refractivity (Wildman–Crippen MR) is 200 cm³/mol. The van der Waals surface area contributed by atoms with E-state index in [2.05, 4.69) is 11.0 Å². The molecule has 0 radical (unpaired) electrons. The van der Waals surface area contributed by atoms with Gasteiger partial charge in [0.05, 0.1) is 11.7 Å². The fraction of sp³-hybridized carbons (Fsp3) is 0.333. The summed E-state index contributed by atoms with van der Waals surface area (Å²) >= 11 is 0. The van der Waals surface area contributed by atoms with Crippen LogP contribution in [-0.4, -0.2) is 75.8 Å². The number of benzene rings is 4. The van der Waals surface area contributed by atoms with Crippen molar-refractivity contribution in [3.05, 3.63) is 88.5 Å². The van der Waals surface area contributed by atoms with Gasteiger partial charge in [0.15, 0.2) is 11.2 Å². The molecule has 0 bridgehead atoms. The number of ether oxygens (including phenoxy) is 2. The number of likely N-dealkylation sites (tertiary alicyclic amines) is 2. The Bertz CT molecular complexity index is 2460. The van der Waals surface area contributed by atoms with Crippen LogP contribution in [0, 0.1) is 25.2 Å². The molecule has 11 nitrogen and oxygen atoms in total. The summed E-state index contributed by atoms with van der Waals surface area (Å²) in [6, 6.07) is 20.2. The highest BCUT2D eigenvalue weighted by molar-refractivity contribution is 5.86. The second-order valence-corrected chi connectivity index (χ2v) is 14.1. The maximum Gasteiger partial charge on any atom is 0.387 e. The Morgan fingerprint density at radius 2 is 1.64 bits per heavy atom. The molecule has 6 aromatic rings. The Kier molecular flexibility index (Phi) is 9.81. The van der Waals surface area contributed by atoms with E-state index < -0.39 is 18.6 Å². The van der Waals surface area contributed by atoms with Crippen LogP contribution in [0.5, 0.6) is 5.75 Å². The van der Waals surface area contributed by atoms with Crippen LogP contribution in [-0.2, 0) is 22.6 Å². The number of carbonyl (C=O) groups is 1. The molecule has 8 rings (SSSR count). The highest BCUT2D eigenvalue weighted by Crippen LogP contribution is 2.39. The van der Waals surface area contributed by atoms with Gasteiger partial charge in [-0.25, -0.2) is 9.97 Å². The number of carboxylic acid groups (broad SMARTS) is 1. The predicted octanol–water partition coefficient (Wildman–Crippen LogP) is 8.33. The molecular formula is C42H39F2N5O6. The van der Waals surface area contributed by atoms with E-state index in [1.165, 1.54) is 6.07 Å². The van der Waals surface area contributed by atoms with Gasteiger partial charge in [-0.1, -0.05) is 24.3 Å². The molecule has 13 heteroatoms. The Morgan fingerprint density at radius 1 is 0.964 bits per heavy atom. The van der Waals surface area contributed by atoms with Gasteiger partial charge < -0.3 is 23.4 Å². The molecule has 4 aromatic carbocycles. The molecular weight excluding hydrogens is 708 g/mol. The topological polar surface area (TPSA) is 138 Å².